The minimum absolute atomic E-state index is 0.00145. The summed E-state index contributed by atoms with van der Waals surface area (Å²) in [6.45, 7) is 3.79. The average molecular weight is 614 g/mol. The summed E-state index contributed by atoms with van der Waals surface area (Å²) >= 11 is 0. The van der Waals surface area contributed by atoms with Crippen LogP contribution in [-0.2, 0) is 9.53 Å². The first-order valence-corrected chi connectivity index (χ1v) is 14.4. The Bertz CT molecular complexity index is 1430. The third-order valence-electron chi connectivity index (χ3n) is 7.92. The zero-order valence-electron chi connectivity index (χ0n) is 24.5. The van der Waals surface area contributed by atoms with Gasteiger partial charge in [0.1, 0.15) is 24.5 Å². The van der Waals surface area contributed by atoms with Gasteiger partial charge in [-0.2, -0.15) is 5.10 Å². The van der Waals surface area contributed by atoms with Gasteiger partial charge in [-0.3, -0.25) is 24.5 Å². The highest BCUT2D eigenvalue weighted by atomic mass is 19.1. The second-order valence-corrected chi connectivity index (χ2v) is 11.0. The van der Waals surface area contributed by atoms with E-state index < -0.39 is 42.5 Å². The normalized spacial score (nSPS) is 21.1. The Morgan fingerprint density at radius 2 is 1.89 bits per heavy atom. The van der Waals surface area contributed by atoms with Gasteiger partial charge in [-0.05, 0) is 37.0 Å². The van der Waals surface area contributed by atoms with Crippen molar-refractivity contribution >= 4 is 35.5 Å². The average Bonchev–Trinajstić information content (AvgIpc) is 3.28. The molecule has 0 radical (unpaired) electrons. The topological polar surface area (TPSA) is 111 Å². The largest absolute Gasteiger partial charge is 0.442 e. The minimum atomic E-state index is -0.852. The first kappa shape index (κ1) is 30.8. The number of halogens is 3. The van der Waals surface area contributed by atoms with Crippen molar-refractivity contribution in [3.05, 3.63) is 65.6 Å². The van der Waals surface area contributed by atoms with Crippen LogP contribution in [0.4, 0.5) is 29.3 Å². The van der Waals surface area contributed by atoms with E-state index in [0.29, 0.717) is 17.6 Å². The number of hydrazone groups is 1. The van der Waals surface area contributed by atoms with Crippen molar-refractivity contribution in [1.29, 1.82) is 0 Å². The number of nitrogens with one attached hydrogen (secondary N) is 1. The molecule has 3 atom stereocenters. The molecule has 2 aromatic rings. The van der Waals surface area contributed by atoms with E-state index in [1.807, 2.05) is 6.92 Å². The Morgan fingerprint density at radius 3 is 2.55 bits per heavy atom. The Morgan fingerprint density at radius 1 is 1.16 bits per heavy atom. The Balaban J connectivity index is 1.18. The van der Waals surface area contributed by atoms with E-state index in [9.17, 15) is 18.8 Å². The molecule has 0 bridgehead atoms. The van der Waals surface area contributed by atoms with Crippen molar-refractivity contribution in [2.24, 2.45) is 11.0 Å². The van der Waals surface area contributed by atoms with Crippen LogP contribution in [0.15, 0.2) is 53.5 Å². The number of cyclic esters (lactones) is 1. The smallest absolute Gasteiger partial charge is 0.414 e. The molecule has 1 aromatic carbocycles. The lowest BCUT2D eigenvalue weighted by atomic mass is 10.0. The number of aromatic nitrogens is 1. The van der Waals surface area contributed by atoms with E-state index >= 15 is 8.78 Å². The van der Waals surface area contributed by atoms with Crippen LogP contribution in [0.2, 0.25) is 0 Å². The molecule has 2 fully saturated rings. The summed E-state index contributed by atoms with van der Waals surface area (Å²) in [4.78, 5) is 46.0. The SMILES string of the molecule is CC1CC=NN(CC2CN(c3cc(F)c(N4CCN(C(=O)C(C)NC(=O)c5cccnc5)CC4)c(F)c3)C(=O)O2)C=C1CF. The quantitative estimate of drug-likeness (QED) is 0.487. The zero-order chi connectivity index (χ0) is 31.4. The van der Waals surface area contributed by atoms with Gasteiger partial charge in [0.15, 0.2) is 11.6 Å². The number of carbonyl (C=O) groups is 3. The van der Waals surface area contributed by atoms with Crippen molar-refractivity contribution in [2.45, 2.75) is 32.4 Å². The van der Waals surface area contributed by atoms with Gasteiger partial charge in [0.05, 0.1) is 24.3 Å². The minimum Gasteiger partial charge on any atom is -0.442 e. The third-order valence-corrected chi connectivity index (χ3v) is 7.92. The lowest BCUT2D eigenvalue weighted by Gasteiger charge is -2.37. The molecule has 2 saturated heterocycles. The number of hydrogen-bond acceptors (Lipinski definition) is 8. The highest BCUT2D eigenvalue weighted by Crippen LogP contribution is 2.32. The number of allylic oxidation sites excluding steroid dienone is 1. The highest BCUT2D eigenvalue weighted by molar-refractivity contribution is 5.97. The number of anilines is 2. The summed E-state index contributed by atoms with van der Waals surface area (Å²) in [6, 6.07) is 4.58. The number of alkyl halides is 1. The molecular weight excluding hydrogens is 579 g/mol. The van der Waals surface area contributed by atoms with Gasteiger partial charge in [-0.25, -0.2) is 18.0 Å². The predicted molar refractivity (Wildman–Crippen MR) is 157 cm³/mol. The maximum atomic E-state index is 15.3. The van der Waals surface area contributed by atoms with Crippen LogP contribution >= 0.6 is 0 Å². The standard InChI is InChI=1S/C30H34F3N7O4/c1-19-5-7-35-39(16-22(19)14-31)17-24-18-40(30(43)44-24)23-12-25(32)27(26(33)13-23)37-8-10-38(11-9-37)29(42)20(2)36-28(41)21-4-3-6-34-15-21/h3-4,6-7,12-13,15-16,19-20,24H,5,8-11,14,17-18H2,1-2H3,(H,36,41). The molecular formula is C30H34F3N7O4. The molecule has 3 unspecified atom stereocenters. The van der Waals surface area contributed by atoms with Gasteiger partial charge in [-0.1, -0.05) is 6.92 Å². The molecule has 3 amide bonds. The van der Waals surface area contributed by atoms with Crippen LogP contribution in [0.5, 0.6) is 0 Å². The first-order valence-electron chi connectivity index (χ1n) is 14.4. The molecule has 11 nitrogen and oxygen atoms in total. The molecule has 1 N–H and O–H groups in total. The number of pyridine rings is 1. The monoisotopic (exact) mass is 613 g/mol. The van der Waals surface area contributed by atoms with E-state index in [-0.39, 0.29) is 62.5 Å². The van der Waals surface area contributed by atoms with Gasteiger partial charge < -0.3 is 19.9 Å². The Kier molecular flexibility index (Phi) is 9.35. The Hall–Kier alpha value is -4.62. The van der Waals surface area contributed by atoms with Gasteiger partial charge >= 0.3 is 6.09 Å². The van der Waals surface area contributed by atoms with Gasteiger partial charge in [-0.15, -0.1) is 0 Å². The van der Waals surface area contributed by atoms with E-state index in [1.165, 1.54) is 27.2 Å². The highest BCUT2D eigenvalue weighted by Gasteiger charge is 2.35. The molecule has 234 valence electrons. The van der Waals surface area contributed by atoms with E-state index in [0.717, 1.165) is 17.0 Å². The first-order chi connectivity index (χ1) is 21.1. The number of rotatable bonds is 8. The van der Waals surface area contributed by atoms with Gasteiger partial charge in [0.25, 0.3) is 5.91 Å². The van der Waals surface area contributed by atoms with Crippen LogP contribution in [0, 0.1) is 17.6 Å². The number of benzene rings is 1. The summed E-state index contributed by atoms with van der Waals surface area (Å²) in [6.07, 6.45) is 5.41. The van der Waals surface area contributed by atoms with E-state index in [4.69, 9.17) is 4.74 Å². The molecule has 3 aliphatic rings. The maximum absolute atomic E-state index is 15.3. The molecule has 4 heterocycles. The summed E-state index contributed by atoms with van der Waals surface area (Å²) in [5, 5.41) is 8.46. The van der Waals surface area contributed by atoms with Crippen molar-refractivity contribution in [3.63, 3.8) is 0 Å². The van der Waals surface area contributed by atoms with Gasteiger partial charge in [0.2, 0.25) is 5.91 Å². The van der Waals surface area contributed by atoms with Crippen molar-refractivity contribution < 1.29 is 32.3 Å². The summed E-state index contributed by atoms with van der Waals surface area (Å²) in [7, 11) is 0. The second kappa shape index (κ2) is 13.3. The fraction of sp³-hybridized carbons (Fsp3) is 0.433. The van der Waals surface area contributed by atoms with Crippen LogP contribution < -0.4 is 15.1 Å². The number of nitrogens with zero attached hydrogens (tertiary/aromatic N) is 6. The van der Waals surface area contributed by atoms with Crippen LogP contribution in [0.25, 0.3) is 0 Å². The molecule has 0 saturated carbocycles. The van der Waals surface area contributed by atoms with Crippen LogP contribution in [-0.4, -0.2) is 97.1 Å². The van der Waals surface area contributed by atoms with Crippen molar-refractivity contribution in [2.75, 3.05) is 55.7 Å². The zero-order valence-corrected chi connectivity index (χ0v) is 24.5. The number of hydrogen-bond donors (Lipinski definition) is 1. The van der Waals surface area contributed by atoms with Crippen molar-refractivity contribution in [3.8, 4) is 0 Å². The number of piperazine rings is 1. The van der Waals surface area contributed by atoms with Crippen molar-refractivity contribution in [1.82, 2.24) is 20.2 Å². The molecule has 3 aliphatic heterocycles. The predicted octanol–water partition coefficient (Wildman–Crippen LogP) is 3.33. The second-order valence-electron chi connectivity index (χ2n) is 11.0. The molecule has 0 aliphatic carbocycles. The molecule has 44 heavy (non-hydrogen) atoms. The summed E-state index contributed by atoms with van der Waals surface area (Å²) in [5.41, 5.74) is 0.668. The fourth-order valence-electron chi connectivity index (χ4n) is 5.39. The summed E-state index contributed by atoms with van der Waals surface area (Å²) in [5.74, 6) is -2.44. The summed E-state index contributed by atoms with van der Waals surface area (Å²) < 4.78 is 49.5. The lowest BCUT2D eigenvalue weighted by molar-refractivity contribution is -0.133. The van der Waals surface area contributed by atoms with Crippen LogP contribution in [0.1, 0.15) is 30.6 Å². The Labute approximate surface area is 252 Å². The number of ether oxygens (including phenoxy) is 1. The lowest BCUT2D eigenvalue weighted by Crippen LogP contribution is -2.54. The van der Waals surface area contributed by atoms with Gasteiger partial charge in [0, 0.05) is 63.1 Å². The molecule has 0 spiro atoms. The van der Waals surface area contributed by atoms with E-state index in [1.54, 1.807) is 31.5 Å². The number of carbonyl (C=O) groups excluding carboxylic acids is 3. The third kappa shape index (κ3) is 6.79. The fourth-order valence-corrected chi connectivity index (χ4v) is 5.39. The molecule has 14 heteroatoms. The number of amides is 3. The maximum Gasteiger partial charge on any atom is 0.414 e. The molecule has 1 aromatic heterocycles. The van der Waals surface area contributed by atoms with Crippen LogP contribution in [0.3, 0.4) is 0 Å². The molecule has 5 rings (SSSR count). The van der Waals surface area contributed by atoms with E-state index in [2.05, 4.69) is 15.4 Å².